The van der Waals surface area contributed by atoms with Gasteiger partial charge >= 0.3 is 0 Å². The van der Waals surface area contributed by atoms with Crippen LogP contribution in [0.25, 0.3) is 0 Å². The number of amides is 1. The number of methoxy groups -OCH3 is 2. The third-order valence-electron chi connectivity index (χ3n) is 4.16. The standard InChI is InChI=1S/C19H27N3O3S/c1-6-7-10-22-14(3)13(2)20-19(22)26-12-18(23)21-15-8-9-16(24-4)17(11-15)25-5/h8-9,11H,6-7,10,12H2,1-5H3,(H,21,23). The molecule has 2 rings (SSSR count). The van der Waals surface area contributed by atoms with Gasteiger partial charge in [-0.3, -0.25) is 4.79 Å². The van der Waals surface area contributed by atoms with Crippen molar-refractivity contribution < 1.29 is 14.3 Å². The Morgan fingerprint density at radius 1 is 1.23 bits per heavy atom. The molecule has 0 radical (unpaired) electrons. The summed E-state index contributed by atoms with van der Waals surface area (Å²) in [4.78, 5) is 16.9. The van der Waals surface area contributed by atoms with Gasteiger partial charge in [0.05, 0.1) is 25.7 Å². The smallest absolute Gasteiger partial charge is 0.234 e. The van der Waals surface area contributed by atoms with Crippen LogP contribution in [-0.4, -0.2) is 35.4 Å². The molecule has 1 aromatic heterocycles. The molecule has 142 valence electrons. The molecule has 0 saturated carbocycles. The fourth-order valence-electron chi connectivity index (χ4n) is 2.55. The molecule has 6 nitrogen and oxygen atoms in total. The van der Waals surface area contributed by atoms with Crippen molar-refractivity contribution >= 4 is 23.4 Å². The van der Waals surface area contributed by atoms with Gasteiger partial charge in [0, 0.05) is 24.0 Å². The van der Waals surface area contributed by atoms with E-state index in [1.807, 2.05) is 6.92 Å². The second-order valence-electron chi connectivity index (χ2n) is 5.98. The highest BCUT2D eigenvalue weighted by molar-refractivity contribution is 7.99. The fraction of sp³-hybridized carbons (Fsp3) is 0.474. The van der Waals surface area contributed by atoms with E-state index in [-0.39, 0.29) is 5.91 Å². The van der Waals surface area contributed by atoms with Gasteiger partial charge in [-0.1, -0.05) is 25.1 Å². The van der Waals surface area contributed by atoms with E-state index < -0.39 is 0 Å². The Labute approximate surface area is 159 Å². The minimum atomic E-state index is -0.0810. The Kier molecular flexibility index (Phi) is 7.38. The van der Waals surface area contributed by atoms with Crippen LogP contribution in [0.15, 0.2) is 23.4 Å². The number of nitrogens with zero attached hydrogens (tertiary/aromatic N) is 2. The largest absolute Gasteiger partial charge is 0.493 e. The summed E-state index contributed by atoms with van der Waals surface area (Å²) >= 11 is 1.46. The Morgan fingerprint density at radius 2 is 1.96 bits per heavy atom. The highest BCUT2D eigenvalue weighted by Crippen LogP contribution is 2.30. The SMILES string of the molecule is CCCCn1c(SCC(=O)Nc2ccc(OC)c(OC)c2)nc(C)c1C. The van der Waals surface area contributed by atoms with Gasteiger partial charge < -0.3 is 19.4 Å². The molecule has 1 aromatic carbocycles. The fourth-order valence-corrected chi connectivity index (χ4v) is 3.47. The molecule has 0 aliphatic heterocycles. The Morgan fingerprint density at radius 3 is 2.62 bits per heavy atom. The van der Waals surface area contributed by atoms with Gasteiger partial charge in [-0.15, -0.1) is 0 Å². The first kappa shape index (κ1) is 20.2. The number of rotatable bonds is 9. The van der Waals surface area contributed by atoms with Crippen LogP contribution < -0.4 is 14.8 Å². The summed E-state index contributed by atoms with van der Waals surface area (Å²) in [7, 11) is 3.15. The number of ether oxygens (including phenoxy) is 2. The lowest BCUT2D eigenvalue weighted by Gasteiger charge is -2.11. The van der Waals surface area contributed by atoms with Crippen LogP contribution in [0.4, 0.5) is 5.69 Å². The minimum absolute atomic E-state index is 0.0810. The monoisotopic (exact) mass is 377 g/mol. The summed E-state index contributed by atoms with van der Waals surface area (Å²) < 4.78 is 12.7. The van der Waals surface area contributed by atoms with E-state index in [9.17, 15) is 4.79 Å². The predicted molar refractivity (Wildman–Crippen MR) is 106 cm³/mol. The van der Waals surface area contributed by atoms with Gasteiger partial charge in [0.25, 0.3) is 0 Å². The average Bonchev–Trinajstić information content (AvgIpc) is 2.91. The number of unbranched alkanes of at least 4 members (excludes halogenated alkanes) is 1. The number of hydrogen-bond acceptors (Lipinski definition) is 5. The zero-order valence-electron chi connectivity index (χ0n) is 16.1. The Hall–Kier alpha value is -2.15. The minimum Gasteiger partial charge on any atom is -0.493 e. The third kappa shape index (κ3) is 4.94. The number of aryl methyl sites for hydroxylation is 1. The van der Waals surface area contributed by atoms with E-state index in [4.69, 9.17) is 9.47 Å². The molecular weight excluding hydrogens is 350 g/mol. The van der Waals surface area contributed by atoms with Crippen LogP contribution in [0.5, 0.6) is 11.5 Å². The van der Waals surface area contributed by atoms with Crippen molar-refractivity contribution in [3.8, 4) is 11.5 Å². The van der Waals surface area contributed by atoms with E-state index in [1.54, 1.807) is 32.4 Å². The van der Waals surface area contributed by atoms with Crippen molar-refractivity contribution in [1.82, 2.24) is 9.55 Å². The number of imidazole rings is 1. The Balaban J connectivity index is 2.00. The zero-order chi connectivity index (χ0) is 19.1. The van der Waals surface area contributed by atoms with E-state index in [0.29, 0.717) is 22.9 Å². The van der Waals surface area contributed by atoms with Crippen molar-refractivity contribution in [2.75, 3.05) is 25.3 Å². The number of nitrogens with one attached hydrogen (secondary N) is 1. The number of anilines is 1. The maximum absolute atomic E-state index is 12.3. The highest BCUT2D eigenvalue weighted by Gasteiger charge is 2.14. The first-order chi connectivity index (χ1) is 12.5. The zero-order valence-corrected chi connectivity index (χ0v) is 16.9. The van der Waals surface area contributed by atoms with Crippen molar-refractivity contribution in [1.29, 1.82) is 0 Å². The molecule has 0 fully saturated rings. The first-order valence-electron chi connectivity index (χ1n) is 8.68. The molecule has 1 N–H and O–H groups in total. The molecule has 7 heteroatoms. The molecule has 1 heterocycles. The maximum Gasteiger partial charge on any atom is 0.234 e. The maximum atomic E-state index is 12.3. The van der Waals surface area contributed by atoms with Gasteiger partial charge in [0.15, 0.2) is 16.7 Å². The molecule has 0 atom stereocenters. The number of thioether (sulfide) groups is 1. The van der Waals surface area contributed by atoms with Crippen LogP contribution in [0.2, 0.25) is 0 Å². The highest BCUT2D eigenvalue weighted by atomic mass is 32.2. The van der Waals surface area contributed by atoms with Gasteiger partial charge in [-0.05, 0) is 32.4 Å². The number of hydrogen-bond donors (Lipinski definition) is 1. The van der Waals surface area contributed by atoms with E-state index in [1.165, 1.54) is 17.5 Å². The molecular formula is C19H27N3O3S. The lowest BCUT2D eigenvalue weighted by atomic mass is 10.2. The summed E-state index contributed by atoms with van der Waals surface area (Å²) in [5, 5.41) is 3.79. The number of carbonyl (C=O) groups is 1. The lowest BCUT2D eigenvalue weighted by molar-refractivity contribution is -0.113. The van der Waals surface area contributed by atoms with Crippen molar-refractivity contribution in [2.24, 2.45) is 0 Å². The van der Waals surface area contributed by atoms with E-state index in [2.05, 4.69) is 28.7 Å². The summed E-state index contributed by atoms with van der Waals surface area (Å²) in [6.45, 7) is 7.18. The summed E-state index contributed by atoms with van der Waals surface area (Å²) in [5.41, 5.74) is 2.86. The first-order valence-corrected chi connectivity index (χ1v) is 9.67. The third-order valence-corrected chi connectivity index (χ3v) is 5.13. The molecule has 2 aromatic rings. The van der Waals surface area contributed by atoms with Gasteiger partial charge in [0.1, 0.15) is 0 Å². The van der Waals surface area contributed by atoms with Gasteiger partial charge in [0.2, 0.25) is 5.91 Å². The number of aromatic nitrogens is 2. The molecule has 0 unspecified atom stereocenters. The van der Waals surface area contributed by atoms with E-state index in [0.717, 1.165) is 30.2 Å². The molecule has 0 saturated heterocycles. The lowest BCUT2D eigenvalue weighted by Crippen LogP contribution is -2.15. The number of carbonyl (C=O) groups excluding carboxylic acids is 1. The van der Waals surface area contributed by atoms with Crippen LogP contribution >= 0.6 is 11.8 Å². The van der Waals surface area contributed by atoms with Crippen LogP contribution in [-0.2, 0) is 11.3 Å². The topological polar surface area (TPSA) is 65.4 Å². The summed E-state index contributed by atoms with van der Waals surface area (Å²) in [6.07, 6.45) is 2.22. The molecule has 0 aliphatic rings. The predicted octanol–water partition coefficient (Wildman–Crippen LogP) is 4.05. The number of benzene rings is 1. The van der Waals surface area contributed by atoms with Crippen LogP contribution in [0, 0.1) is 13.8 Å². The summed E-state index contributed by atoms with van der Waals surface area (Å²) in [5.74, 6) is 1.43. The molecule has 0 spiro atoms. The normalized spacial score (nSPS) is 10.7. The van der Waals surface area contributed by atoms with Crippen molar-refractivity contribution in [3.63, 3.8) is 0 Å². The van der Waals surface area contributed by atoms with Crippen LogP contribution in [0.1, 0.15) is 31.2 Å². The molecule has 26 heavy (non-hydrogen) atoms. The van der Waals surface area contributed by atoms with E-state index >= 15 is 0 Å². The average molecular weight is 378 g/mol. The second-order valence-corrected chi connectivity index (χ2v) is 6.92. The van der Waals surface area contributed by atoms with Gasteiger partial charge in [-0.25, -0.2) is 4.98 Å². The second kappa shape index (κ2) is 9.52. The molecule has 0 aliphatic carbocycles. The quantitative estimate of drug-likeness (QED) is 0.668. The summed E-state index contributed by atoms with van der Waals surface area (Å²) in [6, 6.07) is 5.31. The van der Waals surface area contributed by atoms with Crippen molar-refractivity contribution in [3.05, 3.63) is 29.6 Å². The van der Waals surface area contributed by atoms with Gasteiger partial charge in [-0.2, -0.15) is 0 Å². The van der Waals surface area contributed by atoms with Crippen LogP contribution in [0.3, 0.4) is 0 Å². The molecule has 0 bridgehead atoms. The van der Waals surface area contributed by atoms with Crippen molar-refractivity contribution in [2.45, 2.75) is 45.3 Å². The molecule has 1 amide bonds. The Bertz CT molecular complexity index is 759.